The highest BCUT2D eigenvalue weighted by Gasteiger charge is 2.28. The van der Waals surface area contributed by atoms with Gasteiger partial charge in [0.1, 0.15) is 0 Å². The molecule has 1 aromatic rings. The Bertz CT molecular complexity index is 466. The monoisotopic (exact) mass is 294 g/mol. The minimum absolute atomic E-state index is 0.0529. The molecule has 4 nitrogen and oxygen atoms in total. The topological polar surface area (TPSA) is 58.2 Å². The Hall–Kier alpha value is -1.36. The first-order valence-electron chi connectivity index (χ1n) is 7.31. The van der Waals surface area contributed by atoms with Crippen LogP contribution in [0.2, 0.25) is 0 Å². The summed E-state index contributed by atoms with van der Waals surface area (Å²) in [6.07, 6.45) is 4.25. The van der Waals surface area contributed by atoms with Crippen LogP contribution in [0.3, 0.4) is 0 Å². The summed E-state index contributed by atoms with van der Waals surface area (Å²) >= 11 is 1.75. The molecule has 0 bridgehead atoms. The second-order valence-electron chi connectivity index (χ2n) is 5.17. The highest BCUT2D eigenvalue weighted by Crippen LogP contribution is 2.28. The van der Waals surface area contributed by atoms with Gasteiger partial charge in [-0.3, -0.25) is 9.59 Å². The molecule has 2 N–H and O–H groups in total. The van der Waals surface area contributed by atoms with Crippen LogP contribution in [0.15, 0.2) is 12.1 Å². The molecular formula is C15H22N2O2S. The van der Waals surface area contributed by atoms with E-state index in [9.17, 15) is 9.59 Å². The third kappa shape index (κ3) is 4.96. The Morgan fingerprint density at radius 2 is 2.00 bits per heavy atom. The zero-order valence-corrected chi connectivity index (χ0v) is 12.7. The summed E-state index contributed by atoms with van der Waals surface area (Å²) in [5, 5.41) is 5.79. The van der Waals surface area contributed by atoms with Crippen molar-refractivity contribution in [1.82, 2.24) is 10.6 Å². The van der Waals surface area contributed by atoms with E-state index in [1.165, 1.54) is 9.75 Å². The van der Waals surface area contributed by atoms with Crippen molar-refractivity contribution < 1.29 is 9.59 Å². The van der Waals surface area contributed by atoms with Crippen LogP contribution in [0, 0.1) is 5.92 Å². The number of nitrogens with one attached hydrogen (secondary N) is 2. The van der Waals surface area contributed by atoms with Crippen LogP contribution in [0.5, 0.6) is 0 Å². The predicted octanol–water partition coefficient (Wildman–Crippen LogP) is 2.23. The van der Waals surface area contributed by atoms with Crippen molar-refractivity contribution in [3.8, 4) is 0 Å². The van der Waals surface area contributed by atoms with Gasteiger partial charge in [0.15, 0.2) is 0 Å². The molecule has 0 aromatic carbocycles. The highest BCUT2D eigenvalue weighted by atomic mass is 32.1. The van der Waals surface area contributed by atoms with Gasteiger partial charge in [0.05, 0.1) is 6.54 Å². The first kappa shape index (κ1) is 15.0. The Morgan fingerprint density at radius 3 is 2.65 bits per heavy atom. The van der Waals surface area contributed by atoms with Crippen LogP contribution >= 0.6 is 11.3 Å². The number of hydrogen-bond acceptors (Lipinski definition) is 3. The van der Waals surface area contributed by atoms with Gasteiger partial charge in [-0.05, 0) is 37.8 Å². The van der Waals surface area contributed by atoms with E-state index < -0.39 is 0 Å². The molecule has 0 spiro atoms. The molecular weight excluding hydrogens is 272 g/mol. The van der Waals surface area contributed by atoms with E-state index in [2.05, 4.69) is 29.7 Å². The van der Waals surface area contributed by atoms with Gasteiger partial charge < -0.3 is 10.6 Å². The second kappa shape index (κ2) is 7.43. The molecule has 1 saturated carbocycles. The van der Waals surface area contributed by atoms with Crippen molar-refractivity contribution in [3.05, 3.63) is 21.9 Å². The molecule has 1 aromatic heterocycles. The van der Waals surface area contributed by atoms with E-state index in [1.54, 1.807) is 11.3 Å². The lowest BCUT2D eigenvalue weighted by Crippen LogP contribution is -2.28. The molecule has 5 heteroatoms. The summed E-state index contributed by atoms with van der Waals surface area (Å²) < 4.78 is 0. The van der Waals surface area contributed by atoms with Gasteiger partial charge in [0, 0.05) is 28.6 Å². The van der Waals surface area contributed by atoms with Crippen molar-refractivity contribution in [3.63, 3.8) is 0 Å². The van der Waals surface area contributed by atoms with Crippen molar-refractivity contribution in [2.45, 2.75) is 45.6 Å². The molecule has 1 heterocycles. The number of aryl methyl sites for hydroxylation is 1. The number of carbonyl (C=O) groups is 2. The van der Waals surface area contributed by atoms with E-state index in [0.717, 1.165) is 19.3 Å². The number of rotatable bonds is 8. The van der Waals surface area contributed by atoms with Gasteiger partial charge in [-0.25, -0.2) is 0 Å². The van der Waals surface area contributed by atoms with Crippen molar-refractivity contribution in [2.24, 2.45) is 5.92 Å². The Balaban J connectivity index is 1.54. The van der Waals surface area contributed by atoms with Crippen LogP contribution in [0.1, 0.15) is 42.4 Å². The Labute approximate surface area is 124 Å². The van der Waals surface area contributed by atoms with Crippen molar-refractivity contribution in [2.75, 3.05) is 6.54 Å². The fourth-order valence-electron chi connectivity index (χ4n) is 1.93. The van der Waals surface area contributed by atoms with Crippen LogP contribution in [-0.4, -0.2) is 18.4 Å². The smallest absolute Gasteiger partial charge is 0.223 e. The number of thiophene rings is 1. The highest BCUT2D eigenvalue weighted by molar-refractivity contribution is 7.11. The minimum Gasteiger partial charge on any atom is -0.356 e. The van der Waals surface area contributed by atoms with E-state index in [-0.39, 0.29) is 17.7 Å². The molecule has 1 aliphatic rings. The molecule has 0 saturated heterocycles. The van der Waals surface area contributed by atoms with Gasteiger partial charge in [-0.1, -0.05) is 6.92 Å². The third-order valence-corrected chi connectivity index (χ3v) is 4.58. The predicted molar refractivity (Wildman–Crippen MR) is 80.5 cm³/mol. The van der Waals surface area contributed by atoms with E-state index in [1.807, 2.05) is 0 Å². The van der Waals surface area contributed by atoms with Crippen molar-refractivity contribution in [1.29, 1.82) is 0 Å². The molecule has 0 radical (unpaired) electrons. The maximum atomic E-state index is 11.7. The number of hydrogen-bond donors (Lipinski definition) is 2. The molecule has 0 unspecified atom stereocenters. The Morgan fingerprint density at radius 1 is 1.25 bits per heavy atom. The SMILES string of the molecule is CCc1ccc(CNC(=O)CCCNC(=O)C2CC2)s1. The van der Waals surface area contributed by atoms with Crippen LogP contribution in [-0.2, 0) is 22.6 Å². The summed E-state index contributed by atoms with van der Waals surface area (Å²) in [4.78, 5) is 25.6. The molecule has 110 valence electrons. The zero-order valence-electron chi connectivity index (χ0n) is 11.9. The fourth-order valence-corrected chi connectivity index (χ4v) is 2.83. The van der Waals surface area contributed by atoms with Crippen LogP contribution < -0.4 is 10.6 Å². The van der Waals surface area contributed by atoms with Gasteiger partial charge >= 0.3 is 0 Å². The van der Waals surface area contributed by atoms with Gasteiger partial charge in [-0.2, -0.15) is 0 Å². The maximum absolute atomic E-state index is 11.7. The van der Waals surface area contributed by atoms with Crippen LogP contribution in [0.4, 0.5) is 0 Å². The average molecular weight is 294 g/mol. The lowest BCUT2D eigenvalue weighted by atomic mass is 10.3. The number of amides is 2. The maximum Gasteiger partial charge on any atom is 0.223 e. The largest absolute Gasteiger partial charge is 0.356 e. The van der Waals surface area contributed by atoms with Gasteiger partial charge in [0.25, 0.3) is 0 Å². The van der Waals surface area contributed by atoms with E-state index >= 15 is 0 Å². The second-order valence-corrected chi connectivity index (χ2v) is 6.42. The Kier molecular flexibility index (Phi) is 5.59. The minimum atomic E-state index is 0.0529. The quantitative estimate of drug-likeness (QED) is 0.722. The van der Waals surface area contributed by atoms with E-state index in [0.29, 0.717) is 25.9 Å². The van der Waals surface area contributed by atoms with E-state index in [4.69, 9.17) is 0 Å². The van der Waals surface area contributed by atoms with Crippen molar-refractivity contribution >= 4 is 23.2 Å². The molecule has 1 aliphatic carbocycles. The summed E-state index contributed by atoms with van der Waals surface area (Å²) in [6.45, 7) is 3.34. The normalized spacial score (nSPS) is 14.1. The zero-order chi connectivity index (χ0) is 14.4. The summed E-state index contributed by atoms with van der Waals surface area (Å²) in [7, 11) is 0. The first-order chi connectivity index (χ1) is 9.69. The number of carbonyl (C=O) groups excluding carboxylic acids is 2. The average Bonchev–Trinajstić information content (AvgIpc) is 3.20. The van der Waals surface area contributed by atoms with Gasteiger partial charge in [0.2, 0.25) is 11.8 Å². The fraction of sp³-hybridized carbons (Fsp3) is 0.600. The molecule has 0 aliphatic heterocycles. The van der Waals surface area contributed by atoms with Crippen LogP contribution in [0.25, 0.3) is 0 Å². The summed E-state index contributed by atoms with van der Waals surface area (Å²) in [6, 6.07) is 4.18. The molecule has 20 heavy (non-hydrogen) atoms. The molecule has 0 atom stereocenters. The molecule has 2 rings (SSSR count). The molecule has 1 fully saturated rings. The summed E-state index contributed by atoms with van der Waals surface area (Å²) in [5.41, 5.74) is 0. The first-order valence-corrected chi connectivity index (χ1v) is 8.12. The molecule has 2 amide bonds. The standard InChI is InChI=1S/C15H22N2O2S/c1-2-12-7-8-13(20-12)10-17-14(18)4-3-9-16-15(19)11-5-6-11/h7-8,11H,2-6,9-10H2,1H3,(H,16,19)(H,17,18). The van der Waals surface area contributed by atoms with Gasteiger partial charge in [-0.15, -0.1) is 11.3 Å². The third-order valence-electron chi connectivity index (χ3n) is 3.35. The lowest BCUT2D eigenvalue weighted by Gasteiger charge is -2.05. The summed E-state index contributed by atoms with van der Waals surface area (Å²) in [5.74, 6) is 0.448. The lowest BCUT2D eigenvalue weighted by molar-refractivity contribution is -0.123.